The van der Waals surface area contributed by atoms with Gasteiger partial charge in [-0.1, -0.05) is 12.1 Å². The molecule has 1 amide bonds. The lowest BCUT2D eigenvalue weighted by atomic mass is 10.0. The van der Waals surface area contributed by atoms with Crippen molar-refractivity contribution >= 4 is 27.6 Å². The van der Waals surface area contributed by atoms with E-state index in [4.69, 9.17) is 4.74 Å². The van der Waals surface area contributed by atoms with Crippen molar-refractivity contribution < 1.29 is 49.8 Å². The summed E-state index contributed by atoms with van der Waals surface area (Å²) >= 11 is 0. The second kappa shape index (κ2) is 10.3. The molecule has 14 heteroatoms. The molecule has 41 heavy (non-hydrogen) atoms. The maximum atomic E-state index is 14.5. The van der Waals surface area contributed by atoms with Gasteiger partial charge in [0.25, 0.3) is 10.0 Å². The molecule has 8 nitrogen and oxygen atoms in total. The number of benzene rings is 3. The van der Waals surface area contributed by atoms with E-state index in [-0.39, 0.29) is 42.1 Å². The van der Waals surface area contributed by atoms with Crippen LogP contribution in [-0.2, 0) is 25.8 Å². The van der Waals surface area contributed by atoms with Crippen LogP contribution in [0.5, 0.6) is 5.75 Å². The number of hydrogen-bond donors (Lipinski definition) is 1. The molecule has 1 saturated heterocycles. The molecular weight excluding hydrogens is 575 g/mol. The summed E-state index contributed by atoms with van der Waals surface area (Å²) in [5.41, 5.74) is -1.45. The molecule has 1 fully saturated rings. The first-order valence-corrected chi connectivity index (χ1v) is 13.6. The molecule has 2 heterocycles. The third kappa shape index (κ3) is 5.56. The lowest BCUT2D eigenvalue weighted by Gasteiger charge is -2.37. The van der Waals surface area contributed by atoms with Gasteiger partial charge in [0, 0.05) is 18.5 Å². The minimum absolute atomic E-state index is 0.0428. The Kier molecular flexibility index (Phi) is 7.14. The number of hydrogen-bond acceptors (Lipinski definition) is 5. The summed E-state index contributed by atoms with van der Waals surface area (Å²) in [7, 11) is -4.69. The lowest BCUT2D eigenvalue weighted by molar-refractivity contribution is -0.141. The summed E-state index contributed by atoms with van der Waals surface area (Å²) in [5.74, 6) is -4.18. The van der Waals surface area contributed by atoms with Crippen LogP contribution in [-0.4, -0.2) is 56.0 Å². The van der Waals surface area contributed by atoms with Gasteiger partial charge in [-0.05, 0) is 54.1 Å². The van der Waals surface area contributed by atoms with Crippen LogP contribution in [0.15, 0.2) is 65.6 Å². The number of aliphatic carboxylic acids is 1. The number of rotatable bonds is 6. The summed E-state index contributed by atoms with van der Waals surface area (Å²) in [6, 6.07) is 9.73. The summed E-state index contributed by atoms with van der Waals surface area (Å²) in [6.45, 7) is -0.793. The first kappa shape index (κ1) is 28.3. The molecule has 5 rings (SSSR count). The molecule has 3 aromatic carbocycles. The molecular formula is C27H21F5N2O6S. The van der Waals surface area contributed by atoms with Crippen molar-refractivity contribution in [1.29, 1.82) is 0 Å². The Balaban J connectivity index is 1.57. The van der Waals surface area contributed by atoms with Crippen LogP contribution in [0.2, 0.25) is 0 Å². The van der Waals surface area contributed by atoms with Crippen LogP contribution in [0.1, 0.15) is 12.0 Å². The van der Waals surface area contributed by atoms with E-state index in [1.54, 1.807) is 0 Å². The zero-order chi connectivity index (χ0) is 29.7. The van der Waals surface area contributed by atoms with E-state index in [1.165, 1.54) is 23.1 Å². The van der Waals surface area contributed by atoms with Crippen LogP contribution >= 0.6 is 0 Å². The number of likely N-dealkylation sites (tertiary alicyclic amines) is 1. The lowest BCUT2D eigenvalue weighted by Crippen LogP contribution is -2.48. The van der Waals surface area contributed by atoms with Crippen LogP contribution in [0, 0.1) is 17.6 Å². The summed E-state index contributed by atoms with van der Waals surface area (Å²) in [4.78, 5) is 24.3. The van der Waals surface area contributed by atoms with E-state index in [9.17, 15) is 45.1 Å². The van der Waals surface area contributed by atoms with Crippen molar-refractivity contribution in [2.24, 2.45) is 5.92 Å². The number of carbonyl (C=O) groups excluding carboxylic acids is 1. The Morgan fingerprint density at radius 2 is 1.78 bits per heavy atom. The molecule has 2 unspecified atom stereocenters. The first-order valence-electron chi connectivity index (χ1n) is 12.2. The molecule has 2 aliphatic heterocycles. The Bertz CT molecular complexity index is 1650. The Morgan fingerprint density at radius 1 is 1.02 bits per heavy atom. The Hall–Kier alpha value is -4.20. The zero-order valence-corrected chi connectivity index (χ0v) is 21.8. The van der Waals surface area contributed by atoms with Gasteiger partial charge in [0.2, 0.25) is 5.91 Å². The topological polar surface area (TPSA) is 104 Å². The second-order valence-electron chi connectivity index (χ2n) is 9.65. The highest BCUT2D eigenvalue weighted by atomic mass is 32.2. The zero-order valence-electron chi connectivity index (χ0n) is 20.9. The smallest absolute Gasteiger partial charge is 0.416 e. The number of fused-ring (bicyclic) bond motifs is 1. The van der Waals surface area contributed by atoms with Gasteiger partial charge in [0.1, 0.15) is 23.5 Å². The molecule has 3 aromatic rings. The van der Waals surface area contributed by atoms with E-state index < -0.39 is 68.7 Å². The van der Waals surface area contributed by atoms with Crippen molar-refractivity contribution in [2.45, 2.75) is 23.6 Å². The van der Waals surface area contributed by atoms with Crippen LogP contribution < -0.4 is 9.04 Å². The van der Waals surface area contributed by atoms with Crippen molar-refractivity contribution in [1.82, 2.24) is 4.90 Å². The Morgan fingerprint density at radius 3 is 2.46 bits per heavy atom. The minimum atomic E-state index is -4.82. The maximum absolute atomic E-state index is 14.5. The number of carboxylic acids is 1. The number of carbonyl (C=O) groups is 2. The van der Waals surface area contributed by atoms with Gasteiger partial charge in [0.05, 0.1) is 35.2 Å². The first-order chi connectivity index (χ1) is 19.2. The molecule has 0 spiro atoms. The number of alkyl halides is 3. The molecule has 2 atom stereocenters. The third-order valence-electron chi connectivity index (χ3n) is 6.87. The molecule has 2 aliphatic rings. The monoisotopic (exact) mass is 596 g/mol. The highest BCUT2D eigenvalue weighted by molar-refractivity contribution is 7.92. The van der Waals surface area contributed by atoms with E-state index in [2.05, 4.69) is 0 Å². The predicted molar refractivity (Wildman–Crippen MR) is 135 cm³/mol. The fourth-order valence-corrected chi connectivity index (χ4v) is 6.39. The number of halogens is 5. The van der Waals surface area contributed by atoms with Gasteiger partial charge in [-0.3, -0.25) is 13.9 Å². The normalized spacial score (nSPS) is 19.2. The summed E-state index contributed by atoms with van der Waals surface area (Å²) in [5, 5.41) is 9.27. The van der Waals surface area contributed by atoms with Gasteiger partial charge >= 0.3 is 12.1 Å². The van der Waals surface area contributed by atoms with Crippen molar-refractivity contribution in [3.8, 4) is 16.9 Å². The average molecular weight is 597 g/mol. The largest absolute Gasteiger partial charge is 0.484 e. The van der Waals surface area contributed by atoms with Gasteiger partial charge in [-0.15, -0.1) is 0 Å². The number of carboxylic acid groups (broad SMARTS) is 1. The molecule has 0 radical (unpaired) electrons. The van der Waals surface area contributed by atoms with Crippen molar-refractivity contribution in [2.75, 3.05) is 23.9 Å². The van der Waals surface area contributed by atoms with Crippen LogP contribution in [0.4, 0.5) is 27.6 Å². The molecule has 1 N–H and O–H groups in total. The van der Waals surface area contributed by atoms with Gasteiger partial charge in [-0.25, -0.2) is 17.2 Å². The van der Waals surface area contributed by atoms with E-state index >= 15 is 0 Å². The van der Waals surface area contributed by atoms with E-state index in [0.717, 1.165) is 40.7 Å². The summed E-state index contributed by atoms with van der Waals surface area (Å²) in [6.07, 6.45) is -6.10. The van der Waals surface area contributed by atoms with Crippen molar-refractivity contribution in [3.63, 3.8) is 0 Å². The molecule has 0 saturated carbocycles. The summed E-state index contributed by atoms with van der Waals surface area (Å²) < 4.78 is 103. The number of sulfonamides is 1. The minimum Gasteiger partial charge on any atom is -0.484 e. The van der Waals surface area contributed by atoms with Crippen LogP contribution in [0.25, 0.3) is 11.1 Å². The SMILES string of the molecule is O=C(O)C1CC(=O)N(CC2CN(S(=O)(=O)c3cccc(C(F)(F)F)c3)c3cc(-c4cc(F)ccc4F)ccc3O2)C1. The van der Waals surface area contributed by atoms with E-state index in [1.807, 2.05) is 0 Å². The fraction of sp³-hybridized carbons (Fsp3) is 0.259. The number of anilines is 1. The van der Waals surface area contributed by atoms with Crippen LogP contribution in [0.3, 0.4) is 0 Å². The highest BCUT2D eigenvalue weighted by Gasteiger charge is 2.40. The molecule has 0 bridgehead atoms. The number of ether oxygens (including phenoxy) is 1. The highest BCUT2D eigenvalue weighted by Crippen LogP contribution is 2.41. The number of nitrogens with zero attached hydrogens (tertiary/aromatic N) is 2. The quantitative estimate of drug-likeness (QED) is 0.419. The Labute approximate surface area is 230 Å². The molecule has 0 aliphatic carbocycles. The maximum Gasteiger partial charge on any atom is 0.416 e. The van der Waals surface area contributed by atoms with E-state index in [0.29, 0.717) is 6.07 Å². The molecule has 0 aromatic heterocycles. The fourth-order valence-electron chi connectivity index (χ4n) is 4.84. The number of amides is 1. The average Bonchev–Trinajstić information content (AvgIpc) is 3.29. The molecule has 216 valence electrons. The standard InChI is InChI=1S/C27H21F5N2O6S/c28-18-5-6-22(29)21(11-18)15-4-7-24-23(8-15)34(41(38,39)20-3-1-2-17(10-20)27(30,31)32)14-19(40-24)13-33-12-16(26(36)37)9-25(33)35/h1-8,10-11,16,19H,9,12-14H2,(H,36,37). The van der Waals surface area contributed by atoms with Gasteiger partial charge < -0.3 is 14.7 Å². The third-order valence-corrected chi connectivity index (χ3v) is 8.64. The van der Waals surface area contributed by atoms with Gasteiger partial charge in [0.15, 0.2) is 0 Å². The predicted octanol–water partition coefficient (Wildman–Crippen LogP) is 4.54. The second-order valence-corrected chi connectivity index (χ2v) is 11.5. The van der Waals surface area contributed by atoms with Crippen molar-refractivity contribution in [3.05, 3.63) is 77.9 Å². The van der Waals surface area contributed by atoms with Gasteiger partial charge in [-0.2, -0.15) is 13.2 Å².